The van der Waals surface area contributed by atoms with Crippen LogP contribution in [0.15, 0.2) is 46.9 Å². The number of ether oxygens (including phenoxy) is 1. The van der Waals surface area contributed by atoms with Crippen LogP contribution in [0.3, 0.4) is 0 Å². The lowest BCUT2D eigenvalue weighted by molar-refractivity contribution is -0.118. The van der Waals surface area contributed by atoms with Gasteiger partial charge in [0.05, 0.1) is 0 Å². The largest absolute Gasteiger partial charge is 0.484 e. The highest BCUT2D eigenvalue weighted by Crippen LogP contribution is 2.27. The number of halogens is 1. The normalized spacial score (nSPS) is 10.3. The number of amides is 1. The maximum Gasteiger partial charge on any atom is 0.262 e. The molecule has 0 fully saturated rings. The number of rotatable bonds is 6. The predicted octanol–water partition coefficient (Wildman–Crippen LogP) is 4.59. The third-order valence-electron chi connectivity index (χ3n) is 3.41. The minimum absolute atomic E-state index is 0.00634. The molecule has 0 saturated carbocycles. The van der Waals surface area contributed by atoms with Crippen molar-refractivity contribution >= 4 is 27.5 Å². The summed E-state index contributed by atoms with van der Waals surface area (Å²) < 4.78 is 6.53. The van der Waals surface area contributed by atoms with Gasteiger partial charge in [-0.3, -0.25) is 4.79 Å². The van der Waals surface area contributed by atoms with Gasteiger partial charge in [-0.25, -0.2) is 0 Å². The molecule has 2 aromatic carbocycles. The SMILES string of the molecule is CCc1cc(Br)cc(CC)c1NC(=O)COc1ccccc1. The predicted molar refractivity (Wildman–Crippen MR) is 93.5 cm³/mol. The van der Waals surface area contributed by atoms with Gasteiger partial charge in [0.2, 0.25) is 0 Å². The summed E-state index contributed by atoms with van der Waals surface area (Å²) in [5, 5.41) is 2.99. The number of hydrogen-bond acceptors (Lipinski definition) is 2. The highest BCUT2D eigenvalue weighted by atomic mass is 79.9. The Hall–Kier alpha value is -1.81. The molecule has 1 amide bonds. The molecular formula is C18H20BrNO2. The molecule has 0 atom stereocenters. The van der Waals surface area contributed by atoms with E-state index in [4.69, 9.17) is 4.74 Å². The zero-order chi connectivity index (χ0) is 15.9. The number of anilines is 1. The van der Waals surface area contributed by atoms with Gasteiger partial charge in [-0.2, -0.15) is 0 Å². The molecule has 0 radical (unpaired) electrons. The molecule has 2 aromatic rings. The average molecular weight is 362 g/mol. The van der Waals surface area contributed by atoms with Crippen molar-refractivity contribution in [2.75, 3.05) is 11.9 Å². The van der Waals surface area contributed by atoms with E-state index in [1.807, 2.05) is 42.5 Å². The second kappa shape index (κ2) is 7.99. The topological polar surface area (TPSA) is 38.3 Å². The molecular weight excluding hydrogens is 342 g/mol. The zero-order valence-corrected chi connectivity index (χ0v) is 14.4. The summed E-state index contributed by atoms with van der Waals surface area (Å²) in [4.78, 5) is 12.2. The maximum atomic E-state index is 12.2. The number of carbonyl (C=O) groups excluding carboxylic acids is 1. The van der Waals surface area contributed by atoms with Crippen molar-refractivity contribution in [2.45, 2.75) is 26.7 Å². The lowest BCUT2D eigenvalue weighted by Gasteiger charge is -2.15. The molecule has 0 saturated heterocycles. The molecule has 3 nitrogen and oxygen atoms in total. The van der Waals surface area contributed by atoms with Crippen molar-refractivity contribution in [3.8, 4) is 5.75 Å². The van der Waals surface area contributed by atoms with Crippen LogP contribution in [0.1, 0.15) is 25.0 Å². The van der Waals surface area contributed by atoms with Crippen LogP contribution in [-0.2, 0) is 17.6 Å². The van der Waals surface area contributed by atoms with Gasteiger partial charge in [-0.1, -0.05) is 48.0 Å². The molecule has 4 heteroatoms. The van der Waals surface area contributed by atoms with E-state index in [0.29, 0.717) is 5.75 Å². The van der Waals surface area contributed by atoms with E-state index in [2.05, 4.69) is 35.1 Å². The molecule has 0 aliphatic carbocycles. The van der Waals surface area contributed by atoms with Crippen LogP contribution in [0.4, 0.5) is 5.69 Å². The molecule has 0 aliphatic heterocycles. The standard InChI is InChI=1S/C18H20BrNO2/c1-3-13-10-15(19)11-14(4-2)18(13)20-17(21)12-22-16-8-6-5-7-9-16/h5-11H,3-4,12H2,1-2H3,(H,20,21). The number of hydrogen-bond donors (Lipinski definition) is 1. The second-order valence-corrected chi connectivity index (χ2v) is 5.87. The highest BCUT2D eigenvalue weighted by Gasteiger charge is 2.12. The molecule has 116 valence electrons. The van der Waals surface area contributed by atoms with Crippen LogP contribution in [0.2, 0.25) is 0 Å². The lowest BCUT2D eigenvalue weighted by atomic mass is 10.0. The summed E-state index contributed by atoms with van der Waals surface area (Å²) in [6.45, 7) is 4.17. The Morgan fingerprint density at radius 2 is 1.68 bits per heavy atom. The fourth-order valence-corrected chi connectivity index (χ4v) is 2.84. The van der Waals surface area contributed by atoms with Gasteiger partial charge in [0.25, 0.3) is 5.91 Å². The molecule has 0 spiro atoms. The maximum absolute atomic E-state index is 12.2. The number of carbonyl (C=O) groups is 1. The Morgan fingerprint density at radius 1 is 1.09 bits per heavy atom. The molecule has 0 bridgehead atoms. The summed E-state index contributed by atoms with van der Waals surface area (Å²) >= 11 is 3.52. The van der Waals surface area contributed by atoms with E-state index in [0.717, 1.165) is 34.1 Å². The van der Waals surface area contributed by atoms with E-state index in [9.17, 15) is 4.79 Å². The van der Waals surface area contributed by atoms with E-state index >= 15 is 0 Å². The Morgan fingerprint density at radius 3 is 2.23 bits per heavy atom. The first kappa shape index (κ1) is 16.6. The summed E-state index contributed by atoms with van der Waals surface area (Å²) in [6.07, 6.45) is 1.73. The fourth-order valence-electron chi connectivity index (χ4n) is 2.28. The van der Waals surface area contributed by atoms with Crippen LogP contribution in [-0.4, -0.2) is 12.5 Å². The van der Waals surface area contributed by atoms with Gasteiger partial charge >= 0.3 is 0 Å². The van der Waals surface area contributed by atoms with Crippen LogP contribution in [0.5, 0.6) is 5.75 Å². The molecule has 2 rings (SSSR count). The third-order valence-corrected chi connectivity index (χ3v) is 3.86. The zero-order valence-electron chi connectivity index (χ0n) is 12.9. The second-order valence-electron chi connectivity index (χ2n) is 4.96. The Bertz CT molecular complexity index is 616. The monoisotopic (exact) mass is 361 g/mol. The van der Waals surface area contributed by atoms with Crippen molar-refractivity contribution in [3.63, 3.8) is 0 Å². The van der Waals surface area contributed by atoms with E-state index in [1.54, 1.807) is 0 Å². The highest BCUT2D eigenvalue weighted by molar-refractivity contribution is 9.10. The number of aryl methyl sites for hydroxylation is 2. The third kappa shape index (κ3) is 4.34. The molecule has 0 heterocycles. The first-order valence-corrected chi connectivity index (χ1v) is 8.22. The van der Waals surface area contributed by atoms with Crippen molar-refractivity contribution in [2.24, 2.45) is 0 Å². The summed E-state index contributed by atoms with van der Waals surface area (Å²) in [5.41, 5.74) is 3.16. The van der Waals surface area contributed by atoms with Crippen molar-refractivity contribution in [3.05, 3.63) is 58.1 Å². The first-order valence-electron chi connectivity index (χ1n) is 7.43. The minimum atomic E-state index is -0.143. The van der Waals surface area contributed by atoms with Gasteiger partial charge < -0.3 is 10.1 Å². The fraction of sp³-hybridized carbons (Fsp3) is 0.278. The van der Waals surface area contributed by atoms with E-state index < -0.39 is 0 Å². The van der Waals surface area contributed by atoms with Crippen molar-refractivity contribution < 1.29 is 9.53 Å². The van der Waals surface area contributed by atoms with Gasteiger partial charge in [-0.15, -0.1) is 0 Å². The van der Waals surface area contributed by atoms with Gasteiger partial charge in [0, 0.05) is 10.2 Å². The quantitative estimate of drug-likeness (QED) is 0.816. The molecule has 0 aliphatic rings. The van der Waals surface area contributed by atoms with Crippen LogP contribution in [0, 0.1) is 0 Å². The van der Waals surface area contributed by atoms with Crippen LogP contribution < -0.4 is 10.1 Å². The van der Waals surface area contributed by atoms with Gasteiger partial charge in [0.15, 0.2) is 6.61 Å². The first-order chi connectivity index (χ1) is 10.6. The minimum Gasteiger partial charge on any atom is -0.484 e. The number of para-hydroxylation sites is 1. The van der Waals surface area contributed by atoms with Gasteiger partial charge in [0.1, 0.15) is 5.75 Å². The van der Waals surface area contributed by atoms with Crippen LogP contribution in [0.25, 0.3) is 0 Å². The Labute approximate surface area is 139 Å². The molecule has 1 N–H and O–H groups in total. The number of nitrogens with one attached hydrogen (secondary N) is 1. The Kier molecular flexibility index (Phi) is 6.01. The molecule has 22 heavy (non-hydrogen) atoms. The summed E-state index contributed by atoms with van der Waals surface area (Å²) in [7, 11) is 0. The number of benzene rings is 2. The van der Waals surface area contributed by atoms with Crippen molar-refractivity contribution in [1.82, 2.24) is 0 Å². The molecule has 0 unspecified atom stereocenters. The van der Waals surface area contributed by atoms with Crippen LogP contribution >= 0.6 is 15.9 Å². The molecule has 0 aromatic heterocycles. The van der Waals surface area contributed by atoms with E-state index in [-0.39, 0.29) is 12.5 Å². The summed E-state index contributed by atoms with van der Waals surface area (Å²) in [6, 6.07) is 13.4. The van der Waals surface area contributed by atoms with E-state index in [1.165, 1.54) is 0 Å². The van der Waals surface area contributed by atoms with Gasteiger partial charge in [-0.05, 0) is 48.2 Å². The Balaban J connectivity index is 2.08. The smallest absolute Gasteiger partial charge is 0.262 e. The average Bonchev–Trinajstić information content (AvgIpc) is 2.55. The lowest BCUT2D eigenvalue weighted by Crippen LogP contribution is -2.21. The summed E-state index contributed by atoms with van der Waals surface area (Å²) in [5.74, 6) is 0.551. The van der Waals surface area contributed by atoms with Crippen molar-refractivity contribution in [1.29, 1.82) is 0 Å².